The number of carbonyl (C=O) groups excluding carboxylic acids is 1. The van der Waals surface area contributed by atoms with Crippen molar-refractivity contribution < 1.29 is 36.6 Å². The monoisotopic (exact) mass is 455 g/mol. The highest BCUT2D eigenvalue weighted by atomic mass is 19.4. The zero-order valence-corrected chi connectivity index (χ0v) is 16.7. The van der Waals surface area contributed by atoms with Crippen molar-refractivity contribution >= 4 is 16.9 Å². The first kappa shape index (κ1) is 23.0. The summed E-state index contributed by atoms with van der Waals surface area (Å²) in [6.07, 6.45) is -3.70. The first-order valence-electron chi connectivity index (χ1n) is 9.03. The van der Waals surface area contributed by atoms with E-state index in [-0.39, 0.29) is 28.8 Å². The number of benzene rings is 1. The Morgan fingerprint density at radius 2 is 1.97 bits per heavy atom. The molecule has 2 aromatic heterocycles. The molecule has 0 aliphatic carbocycles. The summed E-state index contributed by atoms with van der Waals surface area (Å²) in [5.41, 5.74) is -0.0779. The molecule has 1 atom stereocenters. The number of hydrogen-bond acceptors (Lipinski definition) is 6. The summed E-state index contributed by atoms with van der Waals surface area (Å²) in [7, 11) is 2.74. The second-order valence-electron chi connectivity index (χ2n) is 6.54. The number of fused-ring (bicyclic) bond motifs is 1. The first-order chi connectivity index (χ1) is 15.1. The highest BCUT2D eigenvalue weighted by Gasteiger charge is 2.32. The molecule has 0 saturated carbocycles. The van der Waals surface area contributed by atoms with Crippen molar-refractivity contribution in [3.8, 4) is 11.5 Å². The van der Waals surface area contributed by atoms with Crippen LogP contribution in [-0.4, -0.2) is 43.1 Å². The molecule has 0 aliphatic heterocycles. The third-order valence-electron chi connectivity index (χ3n) is 4.35. The Kier molecular flexibility index (Phi) is 6.63. The molecule has 0 bridgehead atoms. The molecule has 2 heterocycles. The van der Waals surface area contributed by atoms with E-state index < -0.39 is 35.4 Å². The Hall–Kier alpha value is -3.67. The summed E-state index contributed by atoms with van der Waals surface area (Å²) in [5, 5.41) is 2.58. The van der Waals surface area contributed by atoms with Crippen LogP contribution in [0.1, 0.15) is 22.0 Å². The van der Waals surface area contributed by atoms with Crippen molar-refractivity contribution in [3.05, 3.63) is 63.8 Å². The Balaban J connectivity index is 1.92. The van der Waals surface area contributed by atoms with Gasteiger partial charge >= 0.3 is 6.36 Å². The third kappa shape index (κ3) is 5.32. The number of amides is 1. The van der Waals surface area contributed by atoms with Crippen LogP contribution in [-0.2, 0) is 4.74 Å². The lowest BCUT2D eigenvalue weighted by molar-refractivity contribution is -0.275. The summed E-state index contributed by atoms with van der Waals surface area (Å²) >= 11 is 0. The number of ether oxygens (including phenoxy) is 3. The number of H-pyrrole nitrogens is 1. The number of alkyl halides is 3. The van der Waals surface area contributed by atoms with Gasteiger partial charge in [0.2, 0.25) is 5.56 Å². The molecule has 2 N–H and O–H groups in total. The fraction of sp³-hybridized carbons (Fsp3) is 0.250. The zero-order chi connectivity index (χ0) is 23.5. The van der Waals surface area contributed by atoms with E-state index in [2.05, 4.69) is 20.0 Å². The topological polar surface area (TPSA) is 103 Å². The Bertz CT molecular complexity index is 1200. The number of nitrogens with zero attached hydrogens (tertiary/aromatic N) is 1. The number of hydrogen-bond donors (Lipinski definition) is 2. The standard InChI is InChI=1S/C20H17F4N3O5/c1-30-9-15(10-3-4-16(13(21)5-10)32-20(22,23)24)27-19(29)12-7-17(28)26-14-6-11(31-2)8-25-18(12)14/h3-8,15H,9H2,1-2H3,(H,26,28)(H,27,29)/t15-/m1/s1. The third-order valence-corrected chi connectivity index (χ3v) is 4.35. The largest absolute Gasteiger partial charge is 0.573 e. The van der Waals surface area contributed by atoms with Gasteiger partial charge in [0.05, 0.1) is 42.6 Å². The van der Waals surface area contributed by atoms with Crippen LogP contribution in [0.15, 0.2) is 41.3 Å². The minimum atomic E-state index is -5.06. The zero-order valence-electron chi connectivity index (χ0n) is 16.7. The summed E-state index contributed by atoms with van der Waals surface area (Å²) in [6, 6.07) is 4.33. The molecule has 0 unspecified atom stereocenters. The van der Waals surface area contributed by atoms with Gasteiger partial charge < -0.3 is 24.5 Å². The highest BCUT2D eigenvalue weighted by molar-refractivity contribution is 6.04. The van der Waals surface area contributed by atoms with Gasteiger partial charge in [-0.25, -0.2) is 9.37 Å². The number of halogens is 4. The summed E-state index contributed by atoms with van der Waals surface area (Å²) in [4.78, 5) is 31.6. The average Bonchev–Trinajstić information content (AvgIpc) is 2.72. The van der Waals surface area contributed by atoms with E-state index in [1.165, 1.54) is 26.5 Å². The molecule has 8 nitrogen and oxygen atoms in total. The van der Waals surface area contributed by atoms with Gasteiger partial charge in [-0.05, 0) is 17.7 Å². The molecule has 0 saturated heterocycles. The maximum absolute atomic E-state index is 14.1. The van der Waals surface area contributed by atoms with Crippen molar-refractivity contribution in [3.63, 3.8) is 0 Å². The smallest absolute Gasteiger partial charge is 0.495 e. The predicted molar refractivity (Wildman–Crippen MR) is 104 cm³/mol. The molecular weight excluding hydrogens is 438 g/mol. The molecule has 3 rings (SSSR count). The van der Waals surface area contributed by atoms with Crippen LogP contribution in [0.25, 0.3) is 11.0 Å². The van der Waals surface area contributed by atoms with E-state index in [4.69, 9.17) is 9.47 Å². The average molecular weight is 455 g/mol. The van der Waals surface area contributed by atoms with Crippen LogP contribution in [0, 0.1) is 5.82 Å². The summed E-state index contributed by atoms with van der Waals surface area (Å²) in [6.45, 7) is -0.132. The maximum atomic E-state index is 14.1. The molecule has 0 aliphatic rings. The van der Waals surface area contributed by atoms with Crippen LogP contribution in [0.5, 0.6) is 11.5 Å². The van der Waals surface area contributed by atoms with Crippen molar-refractivity contribution in [2.45, 2.75) is 12.4 Å². The second-order valence-corrected chi connectivity index (χ2v) is 6.54. The summed E-state index contributed by atoms with van der Waals surface area (Å²) < 4.78 is 64.9. The molecule has 32 heavy (non-hydrogen) atoms. The van der Waals surface area contributed by atoms with Crippen LogP contribution < -0.4 is 20.3 Å². The van der Waals surface area contributed by atoms with E-state index in [1.54, 1.807) is 0 Å². The lowest BCUT2D eigenvalue weighted by atomic mass is 10.1. The Labute approximate surface area is 178 Å². The van der Waals surface area contributed by atoms with Gasteiger partial charge in [0.15, 0.2) is 11.6 Å². The lowest BCUT2D eigenvalue weighted by Gasteiger charge is -2.20. The number of aromatic nitrogens is 2. The fourth-order valence-electron chi connectivity index (χ4n) is 2.97. The minimum Gasteiger partial charge on any atom is -0.495 e. The summed E-state index contributed by atoms with van der Waals surface area (Å²) in [5.74, 6) is -2.65. The number of carbonyl (C=O) groups is 1. The molecule has 0 fully saturated rings. The number of methoxy groups -OCH3 is 2. The van der Waals surface area contributed by atoms with Crippen molar-refractivity contribution in [2.75, 3.05) is 20.8 Å². The van der Waals surface area contributed by atoms with Gasteiger partial charge in [0, 0.05) is 19.2 Å². The molecule has 170 valence electrons. The predicted octanol–water partition coefficient (Wildman–Crippen LogP) is 3.09. The SMILES string of the molecule is COC[C@@H](NC(=O)c1cc(=O)[nH]c2cc(OC)cnc12)c1ccc(OC(F)(F)F)c(F)c1. The van der Waals surface area contributed by atoms with E-state index in [0.29, 0.717) is 5.75 Å². The van der Waals surface area contributed by atoms with Crippen LogP contribution in [0.4, 0.5) is 17.6 Å². The van der Waals surface area contributed by atoms with E-state index in [9.17, 15) is 27.2 Å². The lowest BCUT2D eigenvalue weighted by Crippen LogP contribution is -2.32. The molecule has 1 amide bonds. The van der Waals surface area contributed by atoms with Gasteiger partial charge in [-0.15, -0.1) is 13.2 Å². The Morgan fingerprint density at radius 3 is 2.59 bits per heavy atom. The van der Waals surface area contributed by atoms with Gasteiger partial charge in [-0.2, -0.15) is 0 Å². The maximum Gasteiger partial charge on any atom is 0.573 e. The van der Waals surface area contributed by atoms with Crippen LogP contribution in [0.2, 0.25) is 0 Å². The van der Waals surface area contributed by atoms with E-state index in [1.807, 2.05) is 0 Å². The fourth-order valence-corrected chi connectivity index (χ4v) is 2.97. The van der Waals surface area contributed by atoms with E-state index >= 15 is 0 Å². The number of rotatable bonds is 7. The number of nitrogens with one attached hydrogen (secondary N) is 2. The molecule has 1 aromatic carbocycles. The van der Waals surface area contributed by atoms with Crippen molar-refractivity contribution in [2.24, 2.45) is 0 Å². The van der Waals surface area contributed by atoms with Crippen LogP contribution in [0.3, 0.4) is 0 Å². The quantitative estimate of drug-likeness (QED) is 0.531. The number of aromatic amines is 1. The molecule has 3 aromatic rings. The molecule has 0 radical (unpaired) electrons. The Morgan fingerprint density at radius 1 is 1.22 bits per heavy atom. The van der Waals surface area contributed by atoms with Gasteiger partial charge in [0.1, 0.15) is 5.75 Å². The molecule has 12 heteroatoms. The minimum absolute atomic E-state index is 0.0648. The molecule has 0 spiro atoms. The van der Waals surface area contributed by atoms with E-state index in [0.717, 1.165) is 24.3 Å². The number of pyridine rings is 2. The van der Waals surface area contributed by atoms with Crippen molar-refractivity contribution in [1.82, 2.24) is 15.3 Å². The first-order valence-corrected chi connectivity index (χ1v) is 9.03. The van der Waals surface area contributed by atoms with Crippen molar-refractivity contribution in [1.29, 1.82) is 0 Å². The normalized spacial score (nSPS) is 12.4. The van der Waals surface area contributed by atoms with Gasteiger partial charge in [-0.1, -0.05) is 6.07 Å². The molecular formula is C20H17F4N3O5. The van der Waals surface area contributed by atoms with Crippen LogP contribution >= 0.6 is 0 Å². The second kappa shape index (κ2) is 9.22. The highest BCUT2D eigenvalue weighted by Crippen LogP contribution is 2.28. The van der Waals surface area contributed by atoms with Gasteiger partial charge in [-0.3, -0.25) is 9.59 Å². The van der Waals surface area contributed by atoms with Gasteiger partial charge in [0.25, 0.3) is 5.91 Å².